The van der Waals surface area contributed by atoms with Gasteiger partial charge in [-0.25, -0.2) is 12.1 Å². The van der Waals surface area contributed by atoms with Gasteiger partial charge in [-0.15, -0.1) is 28.8 Å². The second kappa shape index (κ2) is 20.1. The summed E-state index contributed by atoms with van der Waals surface area (Å²) in [5.74, 6) is 0. The van der Waals surface area contributed by atoms with E-state index in [1.165, 1.54) is 94.2 Å². The van der Waals surface area contributed by atoms with Crippen molar-refractivity contribution in [3.8, 4) is 33.4 Å². The van der Waals surface area contributed by atoms with Gasteiger partial charge in [-0.05, 0) is 39.5 Å². The number of halogens is 3. The van der Waals surface area contributed by atoms with Crippen LogP contribution in [0, 0.1) is 6.07 Å². The van der Waals surface area contributed by atoms with E-state index in [1.807, 2.05) is 42.5 Å². The van der Waals surface area contributed by atoms with E-state index in [1.54, 1.807) is 0 Å². The summed E-state index contributed by atoms with van der Waals surface area (Å²) in [5.41, 5.74) is 16.2. The summed E-state index contributed by atoms with van der Waals surface area (Å²) in [6.07, 6.45) is 1.96. The molecule has 1 aliphatic carbocycles. The van der Waals surface area contributed by atoms with Crippen molar-refractivity contribution in [2.45, 2.75) is 65.2 Å². The molecule has 7 aromatic rings. The molecule has 0 heterocycles. The van der Waals surface area contributed by atoms with Gasteiger partial charge in [0.15, 0.2) is 0 Å². The molecular formula is C52H49Cl3Zr-2. The van der Waals surface area contributed by atoms with Gasteiger partial charge in [-0.1, -0.05) is 131 Å². The first-order valence-corrected chi connectivity index (χ1v) is 20.4. The maximum absolute atomic E-state index is 5.86. The normalized spacial score (nSPS) is 11.3. The third kappa shape index (κ3) is 11.5. The van der Waals surface area contributed by atoms with E-state index in [0.717, 1.165) is 17.9 Å². The number of benzene rings is 6. The molecule has 0 unspecified atom stereocenters. The maximum atomic E-state index is 5.86. The third-order valence-corrected chi connectivity index (χ3v) is 11.2. The van der Waals surface area contributed by atoms with Gasteiger partial charge in [0.25, 0.3) is 0 Å². The Bertz CT molecular complexity index is 2160. The minimum absolute atomic E-state index is 0. The summed E-state index contributed by atoms with van der Waals surface area (Å²) in [6.45, 7) is 13.9. The Morgan fingerprint density at radius 3 is 1.64 bits per heavy atom. The van der Waals surface area contributed by atoms with E-state index in [0.29, 0.717) is 0 Å². The fourth-order valence-corrected chi connectivity index (χ4v) is 8.01. The van der Waals surface area contributed by atoms with Gasteiger partial charge in [0.1, 0.15) is 0 Å². The van der Waals surface area contributed by atoms with Crippen LogP contribution < -0.4 is 24.8 Å². The monoisotopic (exact) mass is 868 g/mol. The predicted molar refractivity (Wildman–Crippen MR) is 230 cm³/mol. The van der Waals surface area contributed by atoms with E-state index in [4.69, 9.17) is 11.6 Å². The van der Waals surface area contributed by atoms with Gasteiger partial charge < -0.3 is 24.8 Å². The van der Waals surface area contributed by atoms with Gasteiger partial charge >= 0.3 is 116 Å². The van der Waals surface area contributed by atoms with Crippen molar-refractivity contribution in [3.05, 3.63) is 208 Å². The molecule has 284 valence electrons. The topological polar surface area (TPSA) is 0 Å². The van der Waals surface area contributed by atoms with Crippen molar-refractivity contribution >= 4 is 14.8 Å². The van der Waals surface area contributed by atoms with Gasteiger partial charge in [0, 0.05) is 0 Å². The van der Waals surface area contributed by atoms with Crippen LogP contribution in [0.5, 0.6) is 0 Å². The maximum Gasteiger partial charge on any atom is -0.172 e. The zero-order valence-corrected chi connectivity index (χ0v) is 37.9. The average molecular weight is 872 g/mol. The van der Waals surface area contributed by atoms with Crippen LogP contribution in [0.3, 0.4) is 0 Å². The molecule has 0 saturated carbocycles. The summed E-state index contributed by atoms with van der Waals surface area (Å²) in [4.78, 5) is 0. The molecule has 0 fully saturated rings. The van der Waals surface area contributed by atoms with Crippen LogP contribution in [0.4, 0.5) is 0 Å². The molecule has 0 aromatic heterocycles. The van der Waals surface area contributed by atoms with Gasteiger partial charge in [-0.3, -0.25) is 0 Å². The van der Waals surface area contributed by atoms with Gasteiger partial charge in [0.2, 0.25) is 0 Å². The van der Waals surface area contributed by atoms with Crippen LogP contribution in [0.15, 0.2) is 164 Å². The number of fused-ring (bicyclic) bond motifs is 3. The third-order valence-electron chi connectivity index (χ3n) is 9.80. The number of rotatable bonds is 5. The summed E-state index contributed by atoms with van der Waals surface area (Å²) in [5, 5.41) is 0.800. The average Bonchev–Trinajstić information content (AvgIpc) is 3.87. The Balaban J connectivity index is 0.000000252. The van der Waals surface area contributed by atoms with Crippen molar-refractivity contribution in [2.24, 2.45) is 0 Å². The minimum Gasteiger partial charge on any atom is -1.00 e. The van der Waals surface area contributed by atoms with Crippen LogP contribution in [0.25, 0.3) is 33.4 Å². The van der Waals surface area contributed by atoms with E-state index in [9.17, 15) is 0 Å². The van der Waals surface area contributed by atoms with Crippen LogP contribution >= 0.6 is 11.6 Å². The van der Waals surface area contributed by atoms with Crippen molar-refractivity contribution in [1.82, 2.24) is 0 Å². The van der Waals surface area contributed by atoms with Crippen molar-refractivity contribution < 1.29 is 49.0 Å². The Labute approximate surface area is 367 Å². The molecule has 0 saturated heterocycles. The molecule has 0 aliphatic heterocycles. The molecule has 0 amide bonds. The molecule has 0 N–H and O–H groups in total. The Morgan fingerprint density at radius 2 is 1.12 bits per heavy atom. The molecule has 7 aromatic carbocycles. The molecular weight excluding hydrogens is 822 g/mol. The Morgan fingerprint density at radius 1 is 0.607 bits per heavy atom. The standard InChI is InChI=1S/C33H33.C14H11Cl.C5H5.2ClH.Zr/c1-32(2,3)30-20-26-24(18-28(30)22-13-9-7-10-14-22)17-25-19-29(23-15-11-8-12-16-23)31(21-27(25)26)33(4,5)6;15-14-10-8-13(9-11-14)7-6-12-4-2-1-3-5-12;1-2-4-5-3-1;;;/h7-16,18,20-21H,17H2,1-6H3;1-5,8-11H,7H2;1-5H;2*1H;/q-1;;-1;;;+2/p-2. The van der Waals surface area contributed by atoms with E-state index in [2.05, 4.69) is 169 Å². The number of hydrogen-bond acceptors (Lipinski definition) is 0. The molecule has 0 nitrogen and oxygen atoms in total. The SMILES string of the molecule is CC(C)(C)c1cc2c([c-]c1-c1ccccc1)Cc1cc(-c3ccccc3)c(C(C)(C)C)cc1-2.Clc1ccc(C[C](=[Zr+2])c2ccccc2)cc1.[Cl-].[Cl-].c1cc[cH-]c1. The van der Waals surface area contributed by atoms with Crippen molar-refractivity contribution in [2.75, 3.05) is 0 Å². The number of hydrogen-bond donors (Lipinski definition) is 0. The molecule has 0 spiro atoms. The summed E-state index contributed by atoms with van der Waals surface area (Å²) in [7, 11) is 0. The minimum atomic E-state index is 0. The largest absolute Gasteiger partial charge is 1.00 e. The second-order valence-electron chi connectivity index (χ2n) is 16.0. The molecule has 0 bridgehead atoms. The van der Waals surface area contributed by atoms with Crippen LogP contribution in [0.2, 0.25) is 5.02 Å². The van der Waals surface area contributed by atoms with Crippen LogP contribution in [-0.2, 0) is 47.9 Å². The summed E-state index contributed by atoms with van der Waals surface area (Å²) < 4.78 is 1.47. The first-order valence-electron chi connectivity index (χ1n) is 18.8. The Kier molecular flexibility index (Phi) is 16.2. The van der Waals surface area contributed by atoms with Gasteiger partial charge in [-0.2, -0.15) is 18.2 Å². The first kappa shape index (κ1) is 45.0. The fourth-order valence-electron chi connectivity index (χ4n) is 6.97. The molecule has 0 radical (unpaired) electrons. The van der Waals surface area contributed by atoms with Crippen LogP contribution in [0.1, 0.15) is 74.9 Å². The molecule has 4 heteroatoms. The first-order chi connectivity index (χ1) is 25.9. The molecule has 56 heavy (non-hydrogen) atoms. The fraction of sp³-hybridized carbons (Fsp3) is 0.192. The van der Waals surface area contributed by atoms with Crippen molar-refractivity contribution in [3.63, 3.8) is 0 Å². The predicted octanol–water partition coefficient (Wildman–Crippen LogP) is 8.05. The molecule has 0 atom stereocenters. The smallest absolute Gasteiger partial charge is 0.172 e. The summed E-state index contributed by atoms with van der Waals surface area (Å²) in [6, 6.07) is 61.5. The van der Waals surface area contributed by atoms with Crippen LogP contribution in [-0.4, -0.2) is 3.21 Å². The van der Waals surface area contributed by atoms with Crippen molar-refractivity contribution in [1.29, 1.82) is 0 Å². The van der Waals surface area contributed by atoms with E-state index in [-0.39, 0.29) is 35.6 Å². The zero-order valence-electron chi connectivity index (χ0n) is 33.1. The van der Waals surface area contributed by atoms with Gasteiger partial charge in [0.05, 0.1) is 0 Å². The second-order valence-corrected chi connectivity index (χ2v) is 17.9. The van der Waals surface area contributed by atoms with E-state index >= 15 is 0 Å². The summed E-state index contributed by atoms with van der Waals surface area (Å²) >= 11 is 7.34. The Hall–Kier alpha value is -3.71. The zero-order chi connectivity index (χ0) is 38.3. The van der Waals surface area contributed by atoms with E-state index < -0.39 is 0 Å². The molecule has 1 aliphatic rings. The molecule has 8 rings (SSSR count). The quantitative estimate of drug-likeness (QED) is 0.154.